The van der Waals surface area contributed by atoms with Crippen LogP contribution in [0.4, 0.5) is 5.69 Å². The Morgan fingerprint density at radius 3 is 2.75 bits per heavy atom. The number of piperidine rings is 1. The SMILES string of the molecule is CCCOc1ccc(-c2nc3ccc(N)cn3c2CN2CCCC(C)C2)cc1. The molecule has 3 heterocycles. The van der Waals surface area contributed by atoms with Gasteiger partial charge in [-0.15, -0.1) is 0 Å². The van der Waals surface area contributed by atoms with E-state index in [9.17, 15) is 0 Å². The Balaban J connectivity index is 1.70. The van der Waals surface area contributed by atoms with Crippen molar-refractivity contribution in [3.63, 3.8) is 0 Å². The van der Waals surface area contributed by atoms with Crippen LogP contribution in [0, 0.1) is 5.92 Å². The van der Waals surface area contributed by atoms with Crippen molar-refractivity contribution in [1.82, 2.24) is 14.3 Å². The van der Waals surface area contributed by atoms with E-state index in [0.717, 1.165) is 66.9 Å². The number of pyridine rings is 1. The van der Waals surface area contributed by atoms with E-state index in [1.807, 2.05) is 30.5 Å². The highest BCUT2D eigenvalue weighted by molar-refractivity contribution is 5.68. The van der Waals surface area contributed by atoms with Gasteiger partial charge < -0.3 is 14.9 Å². The summed E-state index contributed by atoms with van der Waals surface area (Å²) in [5.74, 6) is 1.65. The molecule has 148 valence electrons. The third kappa shape index (κ3) is 3.99. The van der Waals surface area contributed by atoms with E-state index in [-0.39, 0.29) is 0 Å². The van der Waals surface area contributed by atoms with Crippen molar-refractivity contribution >= 4 is 11.3 Å². The third-order valence-electron chi connectivity index (χ3n) is 5.46. The second kappa shape index (κ2) is 8.23. The van der Waals surface area contributed by atoms with Crippen LogP contribution in [0.15, 0.2) is 42.6 Å². The van der Waals surface area contributed by atoms with Crippen LogP contribution in [0.1, 0.15) is 38.8 Å². The molecule has 3 aromatic rings. The van der Waals surface area contributed by atoms with Crippen LogP contribution in [-0.4, -0.2) is 34.0 Å². The second-order valence-electron chi connectivity index (χ2n) is 7.95. The van der Waals surface area contributed by atoms with E-state index < -0.39 is 0 Å². The molecule has 2 N–H and O–H groups in total. The first kappa shape index (κ1) is 18.8. The number of nitrogens with two attached hydrogens (primary N) is 1. The Kier molecular flexibility index (Phi) is 5.53. The number of imidazole rings is 1. The van der Waals surface area contributed by atoms with Gasteiger partial charge in [0.15, 0.2) is 0 Å². The highest BCUT2D eigenvalue weighted by atomic mass is 16.5. The van der Waals surface area contributed by atoms with E-state index in [2.05, 4.69) is 35.3 Å². The summed E-state index contributed by atoms with van der Waals surface area (Å²) in [6.45, 7) is 8.37. The monoisotopic (exact) mass is 378 g/mol. The Labute approximate surface area is 167 Å². The predicted octanol–water partition coefficient (Wildman–Crippen LogP) is 4.60. The van der Waals surface area contributed by atoms with Crippen molar-refractivity contribution in [2.75, 3.05) is 25.4 Å². The molecule has 5 heteroatoms. The normalized spacial score (nSPS) is 17.9. The lowest BCUT2D eigenvalue weighted by molar-refractivity contribution is 0.174. The number of hydrogen-bond acceptors (Lipinski definition) is 4. The van der Waals surface area contributed by atoms with Gasteiger partial charge >= 0.3 is 0 Å². The molecule has 0 saturated carbocycles. The molecule has 1 aliphatic rings. The molecular weight excluding hydrogens is 348 g/mol. The number of likely N-dealkylation sites (tertiary alicyclic amines) is 1. The van der Waals surface area contributed by atoms with Gasteiger partial charge in [-0.3, -0.25) is 4.90 Å². The van der Waals surface area contributed by atoms with Gasteiger partial charge in [0.1, 0.15) is 11.4 Å². The maximum absolute atomic E-state index is 6.08. The zero-order valence-corrected chi connectivity index (χ0v) is 16.9. The average Bonchev–Trinajstić information content (AvgIpc) is 3.04. The molecule has 0 aliphatic carbocycles. The molecule has 28 heavy (non-hydrogen) atoms. The number of fused-ring (bicyclic) bond motifs is 1. The lowest BCUT2D eigenvalue weighted by atomic mass is 10.00. The first-order valence-corrected chi connectivity index (χ1v) is 10.4. The van der Waals surface area contributed by atoms with Crippen LogP contribution >= 0.6 is 0 Å². The van der Waals surface area contributed by atoms with Gasteiger partial charge in [-0.2, -0.15) is 0 Å². The van der Waals surface area contributed by atoms with Crippen LogP contribution in [0.25, 0.3) is 16.9 Å². The highest BCUT2D eigenvalue weighted by Gasteiger charge is 2.21. The van der Waals surface area contributed by atoms with Gasteiger partial charge in [0.2, 0.25) is 0 Å². The molecule has 4 rings (SSSR count). The minimum Gasteiger partial charge on any atom is -0.494 e. The van der Waals surface area contributed by atoms with E-state index >= 15 is 0 Å². The number of nitrogens with zero attached hydrogens (tertiary/aromatic N) is 3. The molecule has 1 saturated heterocycles. The topological polar surface area (TPSA) is 55.8 Å². The van der Waals surface area contributed by atoms with Crippen molar-refractivity contribution < 1.29 is 4.74 Å². The molecule has 0 amide bonds. The van der Waals surface area contributed by atoms with Crippen LogP contribution < -0.4 is 10.5 Å². The fourth-order valence-electron chi connectivity index (χ4n) is 4.06. The molecule has 0 spiro atoms. The Morgan fingerprint density at radius 2 is 2.00 bits per heavy atom. The van der Waals surface area contributed by atoms with Gasteiger partial charge in [-0.25, -0.2) is 4.98 Å². The van der Waals surface area contributed by atoms with Crippen molar-refractivity contribution in [3.05, 3.63) is 48.3 Å². The Hall–Kier alpha value is -2.53. The number of aromatic nitrogens is 2. The summed E-state index contributed by atoms with van der Waals surface area (Å²) in [4.78, 5) is 7.48. The third-order valence-corrected chi connectivity index (χ3v) is 5.46. The zero-order valence-electron chi connectivity index (χ0n) is 16.9. The van der Waals surface area contributed by atoms with Gasteiger partial charge in [0.25, 0.3) is 0 Å². The van der Waals surface area contributed by atoms with Crippen molar-refractivity contribution in [2.45, 2.75) is 39.7 Å². The van der Waals surface area contributed by atoms with Crippen LogP contribution in [0.2, 0.25) is 0 Å². The Morgan fingerprint density at radius 1 is 1.18 bits per heavy atom. The number of ether oxygens (including phenoxy) is 1. The van der Waals surface area contributed by atoms with Gasteiger partial charge in [-0.1, -0.05) is 13.8 Å². The molecule has 1 atom stereocenters. The second-order valence-corrected chi connectivity index (χ2v) is 7.95. The van der Waals surface area contributed by atoms with Crippen LogP contribution in [-0.2, 0) is 6.54 Å². The van der Waals surface area contributed by atoms with Gasteiger partial charge in [0.05, 0.1) is 18.0 Å². The number of nitrogen functional groups attached to an aromatic ring is 1. The molecule has 5 nitrogen and oxygen atoms in total. The highest BCUT2D eigenvalue weighted by Crippen LogP contribution is 2.29. The van der Waals surface area contributed by atoms with Crippen molar-refractivity contribution in [2.24, 2.45) is 5.92 Å². The summed E-state index contributed by atoms with van der Waals surface area (Å²) >= 11 is 0. The summed E-state index contributed by atoms with van der Waals surface area (Å²) in [6, 6.07) is 12.2. The Bertz CT molecular complexity index is 932. The summed E-state index contributed by atoms with van der Waals surface area (Å²) in [5, 5.41) is 0. The fraction of sp³-hybridized carbons (Fsp3) is 0.435. The molecule has 2 aromatic heterocycles. The maximum Gasteiger partial charge on any atom is 0.137 e. The number of anilines is 1. The van der Waals surface area contributed by atoms with E-state index in [0.29, 0.717) is 0 Å². The standard InChI is InChI=1S/C23H30N4O/c1-3-13-28-20-9-6-18(7-10-20)23-21(16-26-12-4-5-17(2)14-26)27-15-19(24)8-11-22(27)25-23/h6-11,15,17H,3-5,12-14,16,24H2,1-2H3. The average molecular weight is 379 g/mol. The number of hydrogen-bond donors (Lipinski definition) is 1. The molecule has 1 fully saturated rings. The largest absolute Gasteiger partial charge is 0.494 e. The molecule has 1 aliphatic heterocycles. The lowest BCUT2D eigenvalue weighted by Gasteiger charge is -2.30. The minimum absolute atomic E-state index is 0.741. The first-order valence-electron chi connectivity index (χ1n) is 10.4. The zero-order chi connectivity index (χ0) is 19.5. The minimum atomic E-state index is 0.741. The summed E-state index contributed by atoms with van der Waals surface area (Å²) in [6.07, 6.45) is 5.59. The van der Waals surface area contributed by atoms with Crippen LogP contribution in [0.5, 0.6) is 5.75 Å². The molecule has 0 bridgehead atoms. The molecule has 1 unspecified atom stereocenters. The predicted molar refractivity (Wildman–Crippen MR) is 115 cm³/mol. The van der Waals surface area contributed by atoms with Gasteiger partial charge in [0, 0.05) is 30.5 Å². The first-order chi connectivity index (χ1) is 13.6. The quantitative estimate of drug-likeness (QED) is 0.681. The maximum atomic E-state index is 6.08. The lowest BCUT2D eigenvalue weighted by Crippen LogP contribution is -2.34. The fourth-order valence-corrected chi connectivity index (χ4v) is 4.06. The van der Waals surface area contributed by atoms with E-state index in [4.69, 9.17) is 15.5 Å². The number of benzene rings is 1. The molecular formula is C23H30N4O. The van der Waals surface area contributed by atoms with E-state index in [1.54, 1.807) is 0 Å². The van der Waals surface area contributed by atoms with Crippen molar-refractivity contribution in [3.8, 4) is 17.0 Å². The molecule has 0 radical (unpaired) electrons. The summed E-state index contributed by atoms with van der Waals surface area (Å²) in [7, 11) is 0. The van der Waals surface area contributed by atoms with Gasteiger partial charge in [-0.05, 0) is 68.1 Å². The van der Waals surface area contributed by atoms with Crippen LogP contribution in [0.3, 0.4) is 0 Å². The summed E-state index contributed by atoms with van der Waals surface area (Å²) in [5.41, 5.74) is 11.1. The number of rotatable bonds is 6. The smallest absolute Gasteiger partial charge is 0.137 e. The molecule has 1 aromatic carbocycles. The van der Waals surface area contributed by atoms with Crippen molar-refractivity contribution in [1.29, 1.82) is 0 Å². The van der Waals surface area contributed by atoms with E-state index in [1.165, 1.54) is 18.5 Å². The summed E-state index contributed by atoms with van der Waals surface area (Å²) < 4.78 is 7.89.